The van der Waals surface area contributed by atoms with Crippen molar-refractivity contribution in [3.63, 3.8) is 0 Å². The molecule has 2 aromatic rings. The zero-order chi connectivity index (χ0) is 19.1. The highest BCUT2D eigenvalue weighted by Gasteiger charge is 2.19. The molecule has 0 aliphatic rings. The molecule has 2 rings (SSSR count). The van der Waals surface area contributed by atoms with Crippen molar-refractivity contribution in [1.82, 2.24) is 5.32 Å². The van der Waals surface area contributed by atoms with Gasteiger partial charge in [-0.15, -0.1) is 0 Å². The number of aryl methyl sites for hydroxylation is 1. The number of rotatable bonds is 7. The zero-order valence-corrected chi connectivity index (χ0v) is 15.0. The molecule has 1 N–H and O–H groups in total. The summed E-state index contributed by atoms with van der Waals surface area (Å²) in [5.41, 5.74) is 2.12. The average Bonchev–Trinajstić information content (AvgIpc) is 2.63. The van der Waals surface area contributed by atoms with Crippen LogP contribution in [0.3, 0.4) is 0 Å². The van der Waals surface area contributed by atoms with E-state index in [1.807, 2.05) is 6.92 Å². The predicted octanol–water partition coefficient (Wildman–Crippen LogP) is 3.05. The van der Waals surface area contributed by atoms with E-state index < -0.39 is 12.1 Å². The highest BCUT2D eigenvalue weighted by atomic mass is 19.1. The summed E-state index contributed by atoms with van der Waals surface area (Å²) in [5.74, 6) is -0.703. The molecule has 0 heterocycles. The highest BCUT2D eigenvalue weighted by molar-refractivity contribution is 5.92. The van der Waals surface area contributed by atoms with Crippen LogP contribution in [0.15, 0.2) is 42.5 Å². The molecule has 0 unspecified atom stereocenters. The van der Waals surface area contributed by atoms with Crippen LogP contribution in [-0.2, 0) is 16.0 Å². The van der Waals surface area contributed by atoms with Gasteiger partial charge in [-0.3, -0.25) is 4.79 Å². The molecule has 138 valence electrons. The monoisotopic (exact) mass is 359 g/mol. The molecule has 0 bridgehead atoms. The van der Waals surface area contributed by atoms with E-state index in [9.17, 15) is 14.0 Å². The van der Waals surface area contributed by atoms with Gasteiger partial charge in [-0.2, -0.15) is 0 Å². The van der Waals surface area contributed by atoms with Gasteiger partial charge in [0.15, 0.2) is 6.10 Å². The van der Waals surface area contributed by atoms with E-state index in [0.29, 0.717) is 24.3 Å². The Morgan fingerprint density at radius 1 is 1.15 bits per heavy atom. The molecular weight excluding hydrogens is 337 g/mol. The summed E-state index contributed by atoms with van der Waals surface area (Å²) in [6.45, 7) is 3.74. The number of amides is 1. The second-order valence-electron chi connectivity index (χ2n) is 5.90. The minimum atomic E-state index is -0.928. The molecule has 6 heteroatoms. The molecule has 1 atom stereocenters. The van der Waals surface area contributed by atoms with Gasteiger partial charge in [0.05, 0.1) is 12.7 Å². The number of esters is 1. The summed E-state index contributed by atoms with van der Waals surface area (Å²) in [6.07, 6.45) is -0.370. The minimum Gasteiger partial charge on any atom is -0.496 e. The summed E-state index contributed by atoms with van der Waals surface area (Å²) in [5, 5.41) is 2.70. The third kappa shape index (κ3) is 5.31. The van der Waals surface area contributed by atoms with Crippen LogP contribution >= 0.6 is 0 Å². The Bertz CT molecular complexity index is 774. The summed E-state index contributed by atoms with van der Waals surface area (Å²) < 4.78 is 23.2. The van der Waals surface area contributed by atoms with Crippen LogP contribution < -0.4 is 10.1 Å². The largest absolute Gasteiger partial charge is 0.496 e. The number of benzene rings is 2. The van der Waals surface area contributed by atoms with Gasteiger partial charge in [0, 0.05) is 6.54 Å². The smallest absolute Gasteiger partial charge is 0.339 e. The maximum Gasteiger partial charge on any atom is 0.339 e. The molecule has 0 fully saturated rings. The Balaban J connectivity index is 1.84. The predicted molar refractivity (Wildman–Crippen MR) is 95.7 cm³/mol. The first kappa shape index (κ1) is 19.4. The maximum absolute atomic E-state index is 12.8. The average molecular weight is 359 g/mol. The quantitative estimate of drug-likeness (QED) is 0.772. The maximum atomic E-state index is 12.8. The van der Waals surface area contributed by atoms with Crippen molar-refractivity contribution in [2.45, 2.75) is 26.4 Å². The normalized spacial score (nSPS) is 11.5. The Kier molecular flexibility index (Phi) is 6.72. The molecule has 1 amide bonds. The summed E-state index contributed by atoms with van der Waals surface area (Å²) >= 11 is 0. The number of carbonyl (C=O) groups is 2. The lowest BCUT2D eigenvalue weighted by molar-refractivity contribution is -0.129. The zero-order valence-electron chi connectivity index (χ0n) is 15.0. The van der Waals surface area contributed by atoms with Crippen molar-refractivity contribution in [1.29, 1.82) is 0 Å². The van der Waals surface area contributed by atoms with Crippen molar-refractivity contribution in [3.8, 4) is 5.75 Å². The lowest BCUT2D eigenvalue weighted by atomic mass is 10.1. The molecule has 0 aliphatic heterocycles. The first-order chi connectivity index (χ1) is 12.4. The van der Waals surface area contributed by atoms with Gasteiger partial charge in [0.2, 0.25) is 0 Å². The number of ether oxygens (including phenoxy) is 2. The van der Waals surface area contributed by atoms with E-state index in [2.05, 4.69) is 5.32 Å². The number of nitrogens with one attached hydrogen (secondary N) is 1. The molecule has 0 aliphatic carbocycles. The minimum absolute atomic E-state index is 0.300. The van der Waals surface area contributed by atoms with Gasteiger partial charge in [-0.25, -0.2) is 9.18 Å². The number of carbonyl (C=O) groups excluding carboxylic acids is 2. The number of hydrogen-bond acceptors (Lipinski definition) is 4. The second kappa shape index (κ2) is 8.99. The topological polar surface area (TPSA) is 64.6 Å². The molecule has 0 spiro atoms. The summed E-state index contributed by atoms with van der Waals surface area (Å²) in [7, 11) is 1.52. The molecule has 0 saturated carbocycles. The Hall–Kier alpha value is -2.89. The van der Waals surface area contributed by atoms with Crippen molar-refractivity contribution in [2.75, 3.05) is 13.7 Å². The van der Waals surface area contributed by atoms with Crippen molar-refractivity contribution < 1.29 is 23.5 Å². The van der Waals surface area contributed by atoms with Crippen LogP contribution in [0.5, 0.6) is 5.75 Å². The molecular formula is C20H22FNO4. The van der Waals surface area contributed by atoms with Crippen molar-refractivity contribution >= 4 is 11.9 Å². The second-order valence-corrected chi connectivity index (χ2v) is 5.90. The molecule has 2 aromatic carbocycles. The van der Waals surface area contributed by atoms with Crippen LogP contribution in [0, 0.1) is 12.7 Å². The fraction of sp³-hybridized carbons (Fsp3) is 0.300. The fourth-order valence-electron chi connectivity index (χ4n) is 2.35. The van der Waals surface area contributed by atoms with E-state index in [4.69, 9.17) is 9.47 Å². The lowest BCUT2D eigenvalue weighted by Crippen LogP contribution is -2.36. The number of hydrogen-bond donors (Lipinski definition) is 1. The van der Waals surface area contributed by atoms with Crippen molar-refractivity contribution in [2.24, 2.45) is 0 Å². The third-order valence-corrected chi connectivity index (χ3v) is 3.92. The molecule has 26 heavy (non-hydrogen) atoms. The van der Waals surface area contributed by atoms with E-state index in [1.165, 1.54) is 26.2 Å². The first-order valence-electron chi connectivity index (χ1n) is 8.28. The summed E-state index contributed by atoms with van der Waals surface area (Å²) in [4.78, 5) is 24.2. The van der Waals surface area contributed by atoms with Gasteiger partial charge in [-0.05, 0) is 55.7 Å². The lowest BCUT2D eigenvalue weighted by Gasteiger charge is -2.14. The van der Waals surface area contributed by atoms with E-state index >= 15 is 0 Å². The molecule has 5 nitrogen and oxygen atoms in total. The van der Waals surface area contributed by atoms with Crippen LogP contribution in [0.1, 0.15) is 28.4 Å². The molecule has 0 saturated heterocycles. The summed E-state index contributed by atoms with van der Waals surface area (Å²) in [6, 6.07) is 11.0. The highest BCUT2D eigenvalue weighted by Crippen LogP contribution is 2.19. The SMILES string of the molecule is COc1cc(C(=O)O[C@H](C)C(=O)NCCc2ccc(F)cc2)ccc1C. The van der Waals surface area contributed by atoms with E-state index in [1.54, 1.807) is 30.3 Å². The van der Waals surface area contributed by atoms with E-state index in [0.717, 1.165) is 11.1 Å². The number of halogens is 1. The van der Waals surface area contributed by atoms with Crippen LogP contribution in [-0.4, -0.2) is 31.6 Å². The Morgan fingerprint density at radius 2 is 1.85 bits per heavy atom. The van der Waals surface area contributed by atoms with Crippen LogP contribution in [0.25, 0.3) is 0 Å². The van der Waals surface area contributed by atoms with Crippen LogP contribution in [0.4, 0.5) is 4.39 Å². The van der Waals surface area contributed by atoms with Gasteiger partial charge < -0.3 is 14.8 Å². The fourth-order valence-corrected chi connectivity index (χ4v) is 2.35. The molecule has 0 radical (unpaired) electrons. The first-order valence-corrected chi connectivity index (χ1v) is 8.28. The van der Waals surface area contributed by atoms with Crippen LogP contribution in [0.2, 0.25) is 0 Å². The van der Waals surface area contributed by atoms with Gasteiger partial charge in [-0.1, -0.05) is 18.2 Å². The van der Waals surface area contributed by atoms with Gasteiger partial charge >= 0.3 is 5.97 Å². The van der Waals surface area contributed by atoms with Gasteiger partial charge in [0.1, 0.15) is 11.6 Å². The van der Waals surface area contributed by atoms with Crippen molar-refractivity contribution in [3.05, 3.63) is 65.0 Å². The Labute approximate surface area is 152 Å². The Morgan fingerprint density at radius 3 is 2.50 bits per heavy atom. The van der Waals surface area contributed by atoms with E-state index in [-0.39, 0.29) is 11.7 Å². The third-order valence-electron chi connectivity index (χ3n) is 3.92. The molecule has 0 aromatic heterocycles. The standard InChI is InChI=1S/C20H22FNO4/c1-13-4-7-16(12-18(13)25-3)20(24)26-14(2)19(23)22-11-10-15-5-8-17(21)9-6-15/h4-9,12,14H,10-11H2,1-3H3,(H,22,23)/t14-/m1/s1. The van der Waals surface area contributed by atoms with Gasteiger partial charge in [0.25, 0.3) is 5.91 Å². The number of methoxy groups -OCH3 is 1.